The Morgan fingerprint density at radius 2 is 1.23 bits per heavy atom. The Hall–Kier alpha value is -0.530. The second kappa shape index (κ2) is 11.5. The van der Waals surface area contributed by atoms with Gasteiger partial charge in [0.2, 0.25) is 0 Å². The number of hydrogen-bond donors (Lipinski definition) is 0. The van der Waals surface area contributed by atoms with E-state index < -0.39 is 0 Å². The molecular formula is C12H18S. The summed E-state index contributed by atoms with van der Waals surface area (Å²) in [4.78, 5) is 0. The highest BCUT2D eigenvalue weighted by Gasteiger charge is 1.90. The Labute approximate surface area is 86.9 Å². The second-order valence-electron chi connectivity index (χ2n) is 2.93. The van der Waals surface area contributed by atoms with Crippen molar-refractivity contribution in [1.29, 1.82) is 0 Å². The smallest absolute Gasteiger partial charge is 0.00863 e. The Kier molecular flexibility index (Phi) is 11.0. The molecule has 0 atom stereocenters. The molecule has 0 spiro atoms. The average molecular weight is 194 g/mol. The molecule has 13 heavy (non-hydrogen) atoms. The van der Waals surface area contributed by atoms with E-state index in [1.54, 1.807) is 0 Å². The number of terminal acetylenes is 2. The maximum Gasteiger partial charge on any atom is 0.00863 e. The first-order valence-electron chi connectivity index (χ1n) is 4.86. The van der Waals surface area contributed by atoms with Crippen LogP contribution in [0.2, 0.25) is 0 Å². The predicted molar refractivity (Wildman–Crippen MR) is 62.7 cm³/mol. The summed E-state index contributed by atoms with van der Waals surface area (Å²) in [7, 11) is 0. The highest BCUT2D eigenvalue weighted by Crippen LogP contribution is 2.09. The molecule has 1 heteroatoms. The van der Waals surface area contributed by atoms with Gasteiger partial charge in [0.1, 0.15) is 0 Å². The first-order chi connectivity index (χ1) is 6.41. The Bertz CT molecular complexity index is 151. The fourth-order valence-corrected chi connectivity index (χ4v) is 1.99. The largest absolute Gasteiger partial charge is 0.162 e. The van der Waals surface area contributed by atoms with E-state index in [4.69, 9.17) is 12.8 Å². The van der Waals surface area contributed by atoms with Crippen molar-refractivity contribution in [3.63, 3.8) is 0 Å². The van der Waals surface area contributed by atoms with Crippen LogP contribution in [0.4, 0.5) is 0 Å². The lowest BCUT2D eigenvalue weighted by atomic mass is 10.3. The summed E-state index contributed by atoms with van der Waals surface area (Å²) in [6.07, 6.45) is 17.0. The lowest BCUT2D eigenvalue weighted by Crippen LogP contribution is -1.84. The van der Waals surface area contributed by atoms with Gasteiger partial charge in [0.05, 0.1) is 0 Å². The van der Waals surface area contributed by atoms with Crippen molar-refractivity contribution in [2.24, 2.45) is 0 Å². The highest BCUT2D eigenvalue weighted by molar-refractivity contribution is 7.99. The fourth-order valence-electron chi connectivity index (χ4n) is 0.964. The zero-order chi connectivity index (χ0) is 9.78. The Morgan fingerprint density at radius 3 is 1.62 bits per heavy atom. The Balaban J connectivity index is 2.85. The summed E-state index contributed by atoms with van der Waals surface area (Å²) in [6.45, 7) is 0. The van der Waals surface area contributed by atoms with Gasteiger partial charge in [-0.2, -0.15) is 11.8 Å². The van der Waals surface area contributed by atoms with Crippen LogP contribution in [-0.2, 0) is 0 Å². The SMILES string of the molecule is C#CCCCCSCCCCC#C. The molecule has 0 bridgehead atoms. The molecule has 0 aromatic rings. The summed E-state index contributed by atoms with van der Waals surface area (Å²) < 4.78 is 0. The van der Waals surface area contributed by atoms with E-state index in [0.717, 1.165) is 12.8 Å². The van der Waals surface area contributed by atoms with Crippen molar-refractivity contribution in [3.8, 4) is 24.7 Å². The van der Waals surface area contributed by atoms with Crippen LogP contribution in [0.15, 0.2) is 0 Å². The van der Waals surface area contributed by atoms with Gasteiger partial charge in [-0.15, -0.1) is 24.7 Å². The molecule has 0 N–H and O–H groups in total. The molecule has 0 aromatic carbocycles. The van der Waals surface area contributed by atoms with Gasteiger partial charge in [-0.25, -0.2) is 0 Å². The molecule has 0 fully saturated rings. The first-order valence-corrected chi connectivity index (χ1v) is 6.02. The number of thioether (sulfide) groups is 1. The van der Waals surface area contributed by atoms with Gasteiger partial charge < -0.3 is 0 Å². The van der Waals surface area contributed by atoms with Crippen molar-refractivity contribution in [1.82, 2.24) is 0 Å². The lowest BCUT2D eigenvalue weighted by molar-refractivity contribution is 0.823. The van der Waals surface area contributed by atoms with Crippen molar-refractivity contribution in [2.45, 2.75) is 38.5 Å². The number of hydrogen-bond acceptors (Lipinski definition) is 1. The average Bonchev–Trinajstić information content (AvgIpc) is 2.16. The zero-order valence-electron chi connectivity index (χ0n) is 8.22. The van der Waals surface area contributed by atoms with Crippen LogP contribution >= 0.6 is 11.8 Å². The molecule has 0 heterocycles. The van der Waals surface area contributed by atoms with Gasteiger partial charge >= 0.3 is 0 Å². The van der Waals surface area contributed by atoms with E-state index in [2.05, 4.69) is 11.8 Å². The van der Waals surface area contributed by atoms with E-state index in [1.165, 1.54) is 37.2 Å². The number of rotatable bonds is 8. The molecular weight excluding hydrogens is 176 g/mol. The molecule has 0 saturated heterocycles. The third-order valence-corrected chi connectivity index (χ3v) is 2.87. The molecule has 0 aromatic heterocycles. The third-order valence-electron chi connectivity index (χ3n) is 1.72. The maximum absolute atomic E-state index is 5.15. The van der Waals surface area contributed by atoms with Crippen LogP contribution in [0.25, 0.3) is 0 Å². The van der Waals surface area contributed by atoms with E-state index in [1.807, 2.05) is 11.8 Å². The molecule has 72 valence electrons. The van der Waals surface area contributed by atoms with Gasteiger partial charge in [0.25, 0.3) is 0 Å². The van der Waals surface area contributed by atoms with Crippen LogP contribution in [0.1, 0.15) is 38.5 Å². The summed E-state index contributed by atoms with van der Waals surface area (Å²) in [5, 5.41) is 0. The van der Waals surface area contributed by atoms with Gasteiger partial charge in [-0.1, -0.05) is 0 Å². The van der Waals surface area contributed by atoms with E-state index >= 15 is 0 Å². The molecule has 0 unspecified atom stereocenters. The fraction of sp³-hybridized carbons (Fsp3) is 0.667. The molecule has 0 aliphatic rings. The molecule has 0 amide bonds. The summed E-state index contributed by atoms with van der Waals surface area (Å²) in [6, 6.07) is 0. The van der Waals surface area contributed by atoms with Crippen LogP contribution < -0.4 is 0 Å². The second-order valence-corrected chi connectivity index (χ2v) is 4.16. The molecule has 0 rings (SSSR count). The molecule has 0 radical (unpaired) electrons. The zero-order valence-corrected chi connectivity index (χ0v) is 9.04. The van der Waals surface area contributed by atoms with Gasteiger partial charge in [-0.05, 0) is 37.2 Å². The van der Waals surface area contributed by atoms with E-state index in [-0.39, 0.29) is 0 Å². The number of unbranched alkanes of at least 4 members (excludes halogenated alkanes) is 4. The van der Waals surface area contributed by atoms with Crippen LogP contribution in [0, 0.1) is 24.7 Å². The minimum atomic E-state index is 0.928. The van der Waals surface area contributed by atoms with Crippen LogP contribution in [0.5, 0.6) is 0 Å². The van der Waals surface area contributed by atoms with Crippen molar-refractivity contribution >= 4 is 11.8 Å². The van der Waals surface area contributed by atoms with Crippen LogP contribution in [0.3, 0.4) is 0 Å². The summed E-state index contributed by atoms with van der Waals surface area (Å²) in [5.74, 6) is 7.81. The van der Waals surface area contributed by atoms with E-state index in [9.17, 15) is 0 Å². The standard InChI is InChI=1S/C12H18S/c1-3-5-7-9-11-13-12-10-8-6-4-2/h1-2H,5-12H2. The minimum absolute atomic E-state index is 0.928. The molecule has 0 nitrogen and oxygen atoms in total. The van der Waals surface area contributed by atoms with Crippen molar-refractivity contribution < 1.29 is 0 Å². The topological polar surface area (TPSA) is 0 Å². The maximum atomic E-state index is 5.15. The van der Waals surface area contributed by atoms with Crippen molar-refractivity contribution in [3.05, 3.63) is 0 Å². The normalized spacial score (nSPS) is 9.08. The molecule has 0 aliphatic carbocycles. The van der Waals surface area contributed by atoms with Gasteiger partial charge in [-0.3, -0.25) is 0 Å². The van der Waals surface area contributed by atoms with Gasteiger partial charge in [0.15, 0.2) is 0 Å². The van der Waals surface area contributed by atoms with E-state index in [0.29, 0.717) is 0 Å². The molecule has 0 aliphatic heterocycles. The molecule has 0 saturated carbocycles. The monoisotopic (exact) mass is 194 g/mol. The quantitative estimate of drug-likeness (QED) is 0.422. The summed E-state index contributed by atoms with van der Waals surface area (Å²) in [5.41, 5.74) is 0. The summed E-state index contributed by atoms with van der Waals surface area (Å²) >= 11 is 2.02. The minimum Gasteiger partial charge on any atom is -0.162 e. The first kappa shape index (κ1) is 12.5. The van der Waals surface area contributed by atoms with Gasteiger partial charge in [0, 0.05) is 12.8 Å². The highest BCUT2D eigenvalue weighted by atomic mass is 32.2. The van der Waals surface area contributed by atoms with Crippen LogP contribution in [-0.4, -0.2) is 11.5 Å². The third kappa shape index (κ3) is 11.5. The predicted octanol–water partition coefficient (Wildman–Crippen LogP) is 3.33. The lowest BCUT2D eigenvalue weighted by Gasteiger charge is -1.99. The Morgan fingerprint density at radius 1 is 0.769 bits per heavy atom. The van der Waals surface area contributed by atoms with Crippen molar-refractivity contribution in [2.75, 3.05) is 11.5 Å².